The molecule has 0 spiro atoms. The smallest absolute Gasteiger partial charge is 0.327 e. The number of carbonyl (C=O) groups excluding carboxylic acids is 4. The van der Waals surface area contributed by atoms with Crippen LogP contribution >= 0.6 is 23.2 Å². The summed E-state index contributed by atoms with van der Waals surface area (Å²) in [5.74, 6) is -1.07. The van der Waals surface area contributed by atoms with Gasteiger partial charge in [0, 0.05) is 28.3 Å². The predicted molar refractivity (Wildman–Crippen MR) is 139 cm³/mol. The first-order chi connectivity index (χ1) is 17.8. The molecule has 37 heavy (non-hydrogen) atoms. The number of ether oxygens (including phenoxy) is 1. The standard InChI is InChI=1S/C26H28Cl2N4O5/c1-37-19-10-8-18(9-11-19)30-24(34)15-31-22-5-3-2-4-20(22)25(35)32(26(31)36)14-23(33)29-13-16-6-7-17(27)12-21(16)28/h6-12,20,22H,2-5,13-15H2,1H3,(H,29,33)(H,30,34). The third-order valence-corrected chi connectivity index (χ3v) is 7.26. The largest absolute Gasteiger partial charge is 0.497 e. The van der Waals surface area contributed by atoms with E-state index in [-0.39, 0.29) is 30.9 Å². The zero-order chi connectivity index (χ0) is 26.5. The van der Waals surface area contributed by atoms with Crippen LogP contribution in [-0.2, 0) is 20.9 Å². The van der Waals surface area contributed by atoms with Crippen LogP contribution in [0.3, 0.4) is 0 Å². The van der Waals surface area contributed by atoms with Gasteiger partial charge in [0.15, 0.2) is 0 Å². The molecule has 1 heterocycles. The van der Waals surface area contributed by atoms with E-state index in [1.54, 1.807) is 49.6 Å². The summed E-state index contributed by atoms with van der Waals surface area (Å²) in [6.07, 6.45) is 2.95. The van der Waals surface area contributed by atoms with Gasteiger partial charge in [-0.3, -0.25) is 19.3 Å². The first kappa shape index (κ1) is 26.8. The summed E-state index contributed by atoms with van der Waals surface area (Å²) in [5, 5.41) is 6.35. The fraction of sp³-hybridized carbons (Fsp3) is 0.385. The van der Waals surface area contributed by atoms with Gasteiger partial charge in [-0.1, -0.05) is 42.1 Å². The highest BCUT2D eigenvalue weighted by Crippen LogP contribution is 2.34. The molecule has 2 N–H and O–H groups in total. The number of nitrogens with zero attached hydrogens (tertiary/aromatic N) is 2. The van der Waals surface area contributed by atoms with Crippen LogP contribution in [0.2, 0.25) is 10.0 Å². The van der Waals surface area contributed by atoms with Crippen LogP contribution in [0.1, 0.15) is 31.2 Å². The number of halogens is 2. The topological polar surface area (TPSA) is 108 Å². The number of carbonyl (C=O) groups is 4. The molecule has 2 aliphatic rings. The molecule has 1 saturated heterocycles. The van der Waals surface area contributed by atoms with Crippen molar-refractivity contribution in [2.24, 2.45) is 5.92 Å². The Bertz CT molecular complexity index is 1190. The number of nitrogens with one attached hydrogen (secondary N) is 2. The lowest BCUT2D eigenvalue weighted by Gasteiger charge is -2.46. The Morgan fingerprint density at radius 3 is 2.43 bits per heavy atom. The second-order valence-electron chi connectivity index (χ2n) is 9.08. The van der Waals surface area contributed by atoms with Crippen LogP contribution in [-0.4, -0.2) is 59.8 Å². The van der Waals surface area contributed by atoms with Gasteiger partial charge in [0.2, 0.25) is 17.7 Å². The van der Waals surface area contributed by atoms with Crippen LogP contribution in [0, 0.1) is 5.92 Å². The van der Waals surface area contributed by atoms with E-state index in [1.807, 2.05) is 0 Å². The molecule has 9 nitrogen and oxygen atoms in total. The number of anilines is 1. The maximum Gasteiger partial charge on any atom is 0.327 e. The molecular weight excluding hydrogens is 519 g/mol. The number of hydrogen-bond acceptors (Lipinski definition) is 5. The van der Waals surface area contributed by atoms with E-state index < -0.39 is 24.4 Å². The van der Waals surface area contributed by atoms with Crippen molar-refractivity contribution in [1.29, 1.82) is 0 Å². The van der Waals surface area contributed by atoms with Crippen molar-refractivity contribution in [2.45, 2.75) is 38.3 Å². The molecule has 2 atom stereocenters. The normalized spacial score (nSPS) is 19.3. The zero-order valence-corrected chi connectivity index (χ0v) is 21.8. The van der Waals surface area contributed by atoms with Crippen LogP contribution in [0.15, 0.2) is 42.5 Å². The van der Waals surface area contributed by atoms with Gasteiger partial charge in [-0.2, -0.15) is 0 Å². The fourth-order valence-corrected chi connectivity index (χ4v) is 5.26. The van der Waals surface area contributed by atoms with Crippen molar-refractivity contribution in [1.82, 2.24) is 15.1 Å². The molecule has 1 aliphatic carbocycles. The molecule has 2 unspecified atom stereocenters. The lowest BCUT2D eigenvalue weighted by Crippen LogP contribution is -2.64. The van der Waals surface area contributed by atoms with Crippen molar-refractivity contribution in [2.75, 3.05) is 25.5 Å². The highest BCUT2D eigenvalue weighted by molar-refractivity contribution is 6.35. The van der Waals surface area contributed by atoms with E-state index in [4.69, 9.17) is 27.9 Å². The van der Waals surface area contributed by atoms with E-state index in [1.165, 1.54) is 4.90 Å². The van der Waals surface area contributed by atoms with Crippen LogP contribution < -0.4 is 15.4 Å². The molecule has 0 aromatic heterocycles. The monoisotopic (exact) mass is 546 g/mol. The average molecular weight is 547 g/mol. The molecular formula is C26H28Cl2N4O5. The number of amides is 5. The summed E-state index contributed by atoms with van der Waals surface area (Å²) in [5.41, 5.74) is 1.21. The first-order valence-corrected chi connectivity index (χ1v) is 12.8. The molecule has 4 rings (SSSR count). The van der Waals surface area contributed by atoms with Gasteiger partial charge in [-0.25, -0.2) is 4.79 Å². The molecule has 1 saturated carbocycles. The van der Waals surface area contributed by atoms with E-state index >= 15 is 0 Å². The molecule has 5 amide bonds. The lowest BCUT2D eigenvalue weighted by molar-refractivity contribution is -0.144. The van der Waals surface area contributed by atoms with Crippen molar-refractivity contribution in [3.63, 3.8) is 0 Å². The van der Waals surface area contributed by atoms with Gasteiger partial charge in [-0.05, 0) is 54.8 Å². The van der Waals surface area contributed by atoms with E-state index in [0.29, 0.717) is 39.9 Å². The van der Waals surface area contributed by atoms with Gasteiger partial charge in [0.25, 0.3) is 0 Å². The van der Waals surface area contributed by atoms with E-state index in [9.17, 15) is 19.2 Å². The lowest BCUT2D eigenvalue weighted by atomic mass is 9.81. The second-order valence-corrected chi connectivity index (χ2v) is 9.93. The first-order valence-electron chi connectivity index (χ1n) is 12.0. The second kappa shape index (κ2) is 11.8. The molecule has 2 aromatic rings. The molecule has 11 heteroatoms. The van der Waals surface area contributed by atoms with Crippen LogP contribution in [0.5, 0.6) is 5.75 Å². The third-order valence-electron chi connectivity index (χ3n) is 6.67. The highest BCUT2D eigenvalue weighted by Gasteiger charge is 2.47. The zero-order valence-electron chi connectivity index (χ0n) is 20.3. The van der Waals surface area contributed by atoms with Crippen molar-refractivity contribution < 1.29 is 23.9 Å². The van der Waals surface area contributed by atoms with Crippen molar-refractivity contribution >= 4 is 52.6 Å². The Balaban J connectivity index is 1.43. The predicted octanol–water partition coefficient (Wildman–Crippen LogP) is 4.08. The quantitative estimate of drug-likeness (QED) is 0.518. The minimum atomic E-state index is -0.641. The SMILES string of the molecule is COc1ccc(NC(=O)CN2C(=O)N(CC(=O)NCc3ccc(Cl)cc3Cl)C(=O)C3CCCCC32)cc1. The summed E-state index contributed by atoms with van der Waals surface area (Å²) < 4.78 is 5.13. The van der Waals surface area contributed by atoms with Gasteiger partial charge in [-0.15, -0.1) is 0 Å². The van der Waals surface area contributed by atoms with Gasteiger partial charge >= 0.3 is 6.03 Å². The number of urea groups is 1. The molecule has 2 aromatic carbocycles. The van der Waals surface area contributed by atoms with E-state index in [0.717, 1.165) is 17.7 Å². The molecule has 1 aliphatic heterocycles. The molecule has 0 radical (unpaired) electrons. The Labute approximate surface area is 225 Å². The van der Waals surface area contributed by atoms with Gasteiger partial charge < -0.3 is 20.3 Å². The number of fused-ring (bicyclic) bond motifs is 1. The van der Waals surface area contributed by atoms with Crippen LogP contribution in [0.25, 0.3) is 0 Å². The summed E-state index contributed by atoms with van der Waals surface area (Å²) in [4.78, 5) is 54.5. The van der Waals surface area contributed by atoms with E-state index in [2.05, 4.69) is 10.6 Å². The molecule has 0 bridgehead atoms. The summed E-state index contributed by atoms with van der Waals surface area (Å²) in [6, 6.07) is 10.7. The van der Waals surface area contributed by atoms with Crippen molar-refractivity contribution in [3.05, 3.63) is 58.1 Å². The minimum Gasteiger partial charge on any atom is -0.497 e. The summed E-state index contributed by atoms with van der Waals surface area (Å²) in [6.45, 7) is -0.550. The Morgan fingerprint density at radius 1 is 1.00 bits per heavy atom. The average Bonchev–Trinajstić information content (AvgIpc) is 2.89. The number of hydrogen-bond donors (Lipinski definition) is 2. The molecule has 196 valence electrons. The number of imide groups is 1. The van der Waals surface area contributed by atoms with Gasteiger partial charge in [0.1, 0.15) is 18.8 Å². The van der Waals surface area contributed by atoms with Crippen LogP contribution in [0.4, 0.5) is 10.5 Å². The minimum absolute atomic E-state index is 0.116. The number of benzene rings is 2. The Hall–Kier alpha value is -3.30. The fourth-order valence-electron chi connectivity index (χ4n) is 4.78. The van der Waals surface area contributed by atoms with Crippen molar-refractivity contribution in [3.8, 4) is 5.75 Å². The summed E-state index contributed by atoms with van der Waals surface area (Å²) >= 11 is 12.1. The number of methoxy groups -OCH3 is 1. The summed E-state index contributed by atoms with van der Waals surface area (Å²) in [7, 11) is 1.55. The maximum atomic E-state index is 13.4. The highest BCUT2D eigenvalue weighted by atomic mass is 35.5. The number of rotatable bonds is 8. The molecule has 2 fully saturated rings. The maximum absolute atomic E-state index is 13.4. The Kier molecular flexibility index (Phi) is 8.56. The van der Waals surface area contributed by atoms with Gasteiger partial charge in [0.05, 0.1) is 13.0 Å². The Morgan fingerprint density at radius 2 is 1.73 bits per heavy atom. The third kappa shape index (κ3) is 6.34.